The fraction of sp³-hybridized carbons (Fsp3) is 0.176. The van der Waals surface area contributed by atoms with Crippen LogP contribution in [0.4, 0.5) is 5.69 Å². The van der Waals surface area contributed by atoms with Gasteiger partial charge in [-0.2, -0.15) is 0 Å². The summed E-state index contributed by atoms with van der Waals surface area (Å²) in [7, 11) is 1.63. The zero-order chi connectivity index (χ0) is 15.4. The van der Waals surface area contributed by atoms with Crippen LogP contribution in [0.3, 0.4) is 0 Å². The third-order valence-corrected chi connectivity index (χ3v) is 3.37. The first kappa shape index (κ1) is 14.3. The average Bonchev–Trinajstić information content (AvgIpc) is 2.93. The smallest absolute Gasteiger partial charge is 0.230 e. The third kappa shape index (κ3) is 2.99. The Kier molecular flexibility index (Phi) is 4.16. The minimum absolute atomic E-state index is 0.136. The fourth-order valence-corrected chi connectivity index (χ4v) is 2.34. The molecule has 1 N–H and O–H groups in total. The highest BCUT2D eigenvalue weighted by Crippen LogP contribution is 2.20. The number of nitrogens with zero attached hydrogens (tertiary/aromatic N) is 1. The first-order valence-corrected chi connectivity index (χ1v) is 6.98. The van der Waals surface area contributed by atoms with Crippen LogP contribution in [-0.2, 0) is 22.6 Å². The summed E-state index contributed by atoms with van der Waals surface area (Å²) >= 11 is 0. The number of anilines is 1. The molecule has 5 nitrogen and oxygen atoms in total. The lowest BCUT2D eigenvalue weighted by Gasteiger charge is -2.09. The Morgan fingerprint density at radius 3 is 2.82 bits per heavy atom. The van der Waals surface area contributed by atoms with E-state index in [1.807, 2.05) is 48.5 Å². The van der Waals surface area contributed by atoms with Crippen molar-refractivity contribution in [3.05, 3.63) is 59.8 Å². The van der Waals surface area contributed by atoms with E-state index in [4.69, 9.17) is 9.26 Å². The molecule has 0 atom stereocenters. The highest BCUT2D eigenvalue weighted by molar-refractivity contribution is 5.95. The van der Waals surface area contributed by atoms with Crippen molar-refractivity contribution in [2.45, 2.75) is 13.0 Å². The second-order valence-electron chi connectivity index (χ2n) is 4.94. The summed E-state index contributed by atoms with van der Waals surface area (Å²) < 4.78 is 10.3. The molecule has 0 aliphatic rings. The molecule has 0 saturated carbocycles. The van der Waals surface area contributed by atoms with Crippen LogP contribution in [-0.4, -0.2) is 18.2 Å². The van der Waals surface area contributed by atoms with E-state index in [2.05, 4.69) is 10.5 Å². The lowest BCUT2D eigenvalue weighted by Crippen LogP contribution is -2.16. The summed E-state index contributed by atoms with van der Waals surface area (Å²) in [6, 6.07) is 15.1. The molecule has 0 unspecified atom stereocenters. The van der Waals surface area contributed by atoms with E-state index >= 15 is 0 Å². The van der Waals surface area contributed by atoms with Crippen molar-refractivity contribution < 1.29 is 14.1 Å². The maximum absolute atomic E-state index is 12.2. The van der Waals surface area contributed by atoms with Crippen LogP contribution < -0.4 is 5.32 Å². The first-order valence-electron chi connectivity index (χ1n) is 6.98. The Hall–Kier alpha value is -2.66. The van der Waals surface area contributed by atoms with Crippen LogP contribution in [0.1, 0.15) is 11.3 Å². The number of amides is 1. The second kappa shape index (κ2) is 6.41. The summed E-state index contributed by atoms with van der Waals surface area (Å²) in [6.07, 6.45) is 0.165. The first-order chi connectivity index (χ1) is 10.8. The SMILES string of the molecule is COCc1ccccc1NC(=O)Cc1noc2ccccc12. The van der Waals surface area contributed by atoms with Gasteiger partial charge in [0.1, 0.15) is 5.69 Å². The molecule has 1 amide bonds. The molecule has 0 aliphatic heterocycles. The number of methoxy groups -OCH3 is 1. The number of carbonyl (C=O) groups is 1. The van der Waals surface area contributed by atoms with Gasteiger partial charge in [0, 0.05) is 23.7 Å². The maximum Gasteiger partial charge on any atom is 0.230 e. The predicted octanol–water partition coefficient (Wildman–Crippen LogP) is 3.16. The van der Waals surface area contributed by atoms with Gasteiger partial charge in [0.2, 0.25) is 5.91 Å². The minimum atomic E-state index is -0.136. The molecule has 0 fully saturated rings. The largest absolute Gasteiger partial charge is 0.380 e. The molecular weight excluding hydrogens is 280 g/mol. The van der Waals surface area contributed by atoms with Crippen LogP contribution in [0, 0.1) is 0 Å². The Balaban J connectivity index is 1.75. The normalized spacial score (nSPS) is 10.8. The molecule has 0 bridgehead atoms. The van der Waals surface area contributed by atoms with Gasteiger partial charge in [-0.05, 0) is 18.2 Å². The van der Waals surface area contributed by atoms with Gasteiger partial charge in [-0.3, -0.25) is 4.79 Å². The van der Waals surface area contributed by atoms with Gasteiger partial charge in [0.15, 0.2) is 5.58 Å². The van der Waals surface area contributed by atoms with Crippen molar-refractivity contribution in [3.8, 4) is 0 Å². The number of para-hydroxylation sites is 2. The highest BCUT2D eigenvalue weighted by Gasteiger charge is 2.13. The van der Waals surface area contributed by atoms with Gasteiger partial charge >= 0.3 is 0 Å². The monoisotopic (exact) mass is 296 g/mol. The highest BCUT2D eigenvalue weighted by atomic mass is 16.5. The molecule has 3 rings (SSSR count). The Morgan fingerprint density at radius 1 is 1.18 bits per heavy atom. The molecule has 3 aromatic rings. The Morgan fingerprint density at radius 2 is 1.95 bits per heavy atom. The average molecular weight is 296 g/mol. The Labute approximate surface area is 127 Å². The Bertz CT molecular complexity index is 795. The zero-order valence-corrected chi connectivity index (χ0v) is 12.2. The third-order valence-electron chi connectivity index (χ3n) is 3.37. The number of ether oxygens (including phenoxy) is 1. The van der Waals surface area contributed by atoms with Crippen LogP contribution in [0.25, 0.3) is 11.0 Å². The minimum Gasteiger partial charge on any atom is -0.380 e. The molecule has 112 valence electrons. The van der Waals surface area contributed by atoms with Crippen molar-refractivity contribution in [1.29, 1.82) is 0 Å². The quantitative estimate of drug-likeness (QED) is 0.785. The summed E-state index contributed by atoms with van der Waals surface area (Å²) in [5, 5.41) is 7.74. The van der Waals surface area contributed by atoms with E-state index in [1.165, 1.54) is 0 Å². The van der Waals surface area contributed by atoms with E-state index < -0.39 is 0 Å². The second-order valence-corrected chi connectivity index (χ2v) is 4.94. The standard InChI is InChI=1S/C17H16N2O3/c1-21-11-12-6-2-4-8-14(12)18-17(20)10-15-13-7-3-5-9-16(13)22-19-15/h2-9H,10-11H2,1H3,(H,18,20). The summed E-state index contributed by atoms with van der Waals surface area (Å²) in [6.45, 7) is 0.448. The lowest BCUT2D eigenvalue weighted by molar-refractivity contribution is -0.115. The molecule has 1 aromatic heterocycles. The van der Waals surface area contributed by atoms with E-state index in [0.29, 0.717) is 17.9 Å². The molecule has 1 heterocycles. The molecule has 0 spiro atoms. The van der Waals surface area contributed by atoms with Gasteiger partial charge in [-0.15, -0.1) is 0 Å². The number of aromatic nitrogens is 1. The predicted molar refractivity (Wildman–Crippen MR) is 83.5 cm³/mol. The van der Waals surface area contributed by atoms with Crippen molar-refractivity contribution in [2.75, 3.05) is 12.4 Å². The number of hydrogen-bond acceptors (Lipinski definition) is 4. The number of hydrogen-bond donors (Lipinski definition) is 1. The van der Waals surface area contributed by atoms with E-state index in [0.717, 1.165) is 16.6 Å². The van der Waals surface area contributed by atoms with Crippen LogP contribution >= 0.6 is 0 Å². The van der Waals surface area contributed by atoms with Gasteiger partial charge in [0.25, 0.3) is 0 Å². The van der Waals surface area contributed by atoms with Crippen LogP contribution in [0.15, 0.2) is 53.1 Å². The zero-order valence-electron chi connectivity index (χ0n) is 12.2. The molecule has 2 aromatic carbocycles. The fourth-order valence-electron chi connectivity index (χ4n) is 2.34. The van der Waals surface area contributed by atoms with Gasteiger partial charge in [-0.1, -0.05) is 35.5 Å². The number of fused-ring (bicyclic) bond motifs is 1. The van der Waals surface area contributed by atoms with Gasteiger partial charge in [-0.25, -0.2) is 0 Å². The number of carbonyl (C=O) groups excluding carboxylic acids is 1. The lowest BCUT2D eigenvalue weighted by atomic mass is 10.1. The molecule has 0 radical (unpaired) electrons. The molecule has 5 heteroatoms. The van der Waals surface area contributed by atoms with E-state index in [-0.39, 0.29) is 12.3 Å². The molecule has 0 aliphatic carbocycles. The van der Waals surface area contributed by atoms with E-state index in [9.17, 15) is 4.79 Å². The number of benzene rings is 2. The summed E-state index contributed by atoms with van der Waals surface area (Å²) in [5.74, 6) is -0.136. The number of rotatable bonds is 5. The van der Waals surface area contributed by atoms with E-state index in [1.54, 1.807) is 7.11 Å². The van der Waals surface area contributed by atoms with Crippen molar-refractivity contribution in [1.82, 2.24) is 5.16 Å². The molecule has 22 heavy (non-hydrogen) atoms. The molecule has 0 saturated heterocycles. The van der Waals surface area contributed by atoms with Gasteiger partial charge in [0.05, 0.1) is 13.0 Å². The van der Waals surface area contributed by atoms with Crippen molar-refractivity contribution in [3.63, 3.8) is 0 Å². The van der Waals surface area contributed by atoms with Crippen LogP contribution in [0.5, 0.6) is 0 Å². The summed E-state index contributed by atoms with van der Waals surface area (Å²) in [5.41, 5.74) is 3.01. The van der Waals surface area contributed by atoms with Gasteiger partial charge < -0.3 is 14.6 Å². The van der Waals surface area contributed by atoms with Crippen molar-refractivity contribution >= 4 is 22.6 Å². The van der Waals surface area contributed by atoms with Crippen molar-refractivity contribution in [2.24, 2.45) is 0 Å². The summed E-state index contributed by atoms with van der Waals surface area (Å²) in [4.78, 5) is 12.2. The maximum atomic E-state index is 12.2. The topological polar surface area (TPSA) is 64.4 Å². The molecular formula is C17H16N2O3. The van der Waals surface area contributed by atoms with Crippen LogP contribution in [0.2, 0.25) is 0 Å². The number of nitrogens with one attached hydrogen (secondary N) is 1.